The monoisotopic (exact) mass is 789 g/mol. The molecule has 0 amide bonds. The third kappa shape index (κ3) is 8.44. The van der Waals surface area contributed by atoms with Crippen LogP contribution in [-0.4, -0.2) is 79.2 Å². The van der Waals surface area contributed by atoms with E-state index in [0.717, 1.165) is 93.0 Å². The van der Waals surface area contributed by atoms with E-state index in [2.05, 4.69) is 60.3 Å². The molecule has 0 atom stereocenters. The van der Waals surface area contributed by atoms with E-state index >= 15 is 0 Å². The van der Waals surface area contributed by atoms with E-state index in [4.69, 9.17) is 29.3 Å². The minimum Gasteiger partial charge on any atom is -0.490 e. The van der Waals surface area contributed by atoms with Gasteiger partial charge in [0.2, 0.25) is 0 Å². The van der Waals surface area contributed by atoms with Gasteiger partial charge in [0.25, 0.3) is 0 Å². The van der Waals surface area contributed by atoms with Gasteiger partial charge < -0.3 is 24.0 Å². The summed E-state index contributed by atoms with van der Waals surface area (Å²) in [5.74, 6) is 0.739. The Bertz CT molecular complexity index is 2230. The number of benzene rings is 2. The first-order chi connectivity index (χ1) is 26.0. The number of fused-ring (bicyclic) bond motifs is 3. The summed E-state index contributed by atoms with van der Waals surface area (Å²) in [6, 6.07) is 12.8. The smallest absolute Gasteiger partial charge is 0.357 e. The molecule has 286 valence electrons. The number of hydrogen-bond donors (Lipinski definition) is 0. The van der Waals surface area contributed by atoms with E-state index in [1.807, 2.05) is 23.1 Å². The summed E-state index contributed by atoms with van der Waals surface area (Å²) < 4.78 is 35.3. The topological polar surface area (TPSA) is 107 Å². The first-order valence-corrected chi connectivity index (χ1v) is 23.9. The van der Waals surface area contributed by atoms with Crippen molar-refractivity contribution in [1.29, 1.82) is 0 Å². The number of halogens is 1. The lowest BCUT2D eigenvalue weighted by molar-refractivity contribution is 0.0593. The standard InChI is InChI=1S/C39H48FN7O4S2Si/c1-25-28-11-9-16-46(36(28)44-43-35(25)42-39-47(24-50-19-20-54(4,5)6)30-12-7-8-13-32(30)52-39)38-41-34(37(48)49-3)33(53-38)14-10-18-51-31-22-27-23-45(2)17-15-26(27)21-29(31)40/h7-8,12-13,21-22H,9-11,14-20,23-24H2,1-6H3/b42-39-. The van der Waals surface area contributed by atoms with Crippen LogP contribution in [-0.2, 0) is 42.0 Å². The van der Waals surface area contributed by atoms with Gasteiger partial charge in [0, 0.05) is 50.3 Å². The number of methoxy groups -OCH3 is 1. The van der Waals surface area contributed by atoms with Gasteiger partial charge in [-0.2, -0.15) is 4.99 Å². The highest BCUT2D eigenvalue weighted by molar-refractivity contribution is 7.16. The maximum Gasteiger partial charge on any atom is 0.357 e. The molecule has 5 aromatic rings. The van der Waals surface area contributed by atoms with E-state index in [1.165, 1.54) is 18.4 Å². The number of esters is 1. The van der Waals surface area contributed by atoms with Crippen molar-refractivity contribution < 1.29 is 23.4 Å². The summed E-state index contributed by atoms with van der Waals surface area (Å²) in [5.41, 5.74) is 5.54. The van der Waals surface area contributed by atoms with Crippen molar-refractivity contribution in [3.63, 3.8) is 0 Å². The van der Waals surface area contributed by atoms with Crippen LogP contribution in [0.1, 0.15) is 50.5 Å². The predicted molar refractivity (Wildman–Crippen MR) is 215 cm³/mol. The second-order valence-electron chi connectivity index (χ2n) is 15.2. The number of hydrogen-bond acceptors (Lipinski definition) is 12. The Morgan fingerprint density at radius 2 is 1.89 bits per heavy atom. The minimum atomic E-state index is -1.22. The number of carbonyl (C=O) groups excluding carboxylic acids is 1. The van der Waals surface area contributed by atoms with E-state index < -0.39 is 14.0 Å². The molecule has 0 saturated carbocycles. The average Bonchev–Trinajstić information content (AvgIpc) is 3.73. The van der Waals surface area contributed by atoms with Crippen LogP contribution in [0.15, 0.2) is 41.4 Å². The van der Waals surface area contributed by atoms with Crippen LogP contribution in [0.25, 0.3) is 10.2 Å². The SMILES string of the molecule is COC(=O)c1nc(N2CCCc3c2nnc(/N=c2\sc4ccccc4n2COCC[Si](C)(C)C)c3C)sc1CCCOc1cc2c(cc1F)CCN(C)C2. The highest BCUT2D eigenvalue weighted by Gasteiger charge is 2.29. The highest BCUT2D eigenvalue weighted by atomic mass is 32.1. The van der Waals surface area contributed by atoms with Gasteiger partial charge in [-0.25, -0.2) is 14.2 Å². The molecule has 7 rings (SSSR count). The lowest BCUT2D eigenvalue weighted by atomic mass is 9.99. The van der Waals surface area contributed by atoms with Crippen LogP contribution in [0.4, 0.5) is 21.2 Å². The first-order valence-electron chi connectivity index (χ1n) is 18.5. The third-order valence-electron chi connectivity index (χ3n) is 9.93. The van der Waals surface area contributed by atoms with Gasteiger partial charge in [0.1, 0.15) is 6.73 Å². The second kappa shape index (κ2) is 16.4. The summed E-state index contributed by atoms with van der Waals surface area (Å²) >= 11 is 3.06. The number of thiazole rings is 2. The van der Waals surface area contributed by atoms with E-state index in [1.54, 1.807) is 17.4 Å². The molecule has 3 aromatic heterocycles. The van der Waals surface area contributed by atoms with Crippen LogP contribution in [0.2, 0.25) is 25.7 Å². The molecule has 0 bridgehead atoms. The zero-order valence-corrected chi connectivity index (χ0v) is 34.5. The lowest BCUT2D eigenvalue weighted by Gasteiger charge is -2.28. The van der Waals surface area contributed by atoms with Crippen molar-refractivity contribution in [3.8, 4) is 5.75 Å². The summed E-state index contributed by atoms with van der Waals surface area (Å²) in [4.78, 5) is 28.6. The van der Waals surface area contributed by atoms with Gasteiger partial charge in [0.05, 0.1) is 23.9 Å². The van der Waals surface area contributed by atoms with Crippen LogP contribution in [0.3, 0.4) is 0 Å². The largest absolute Gasteiger partial charge is 0.490 e. The molecule has 2 aliphatic heterocycles. The molecular formula is C39H48FN7O4S2Si. The fourth-order valence-electron chi connectivity index (χ4n) is 6.82. The van der Waals surface area contributed by atoms with Crippen LogP contribution in [0, 0.1) is 12.7 Å². The van der Waals surface area contributed by atoms with Gasteiger partial charge >= 0.3 is 5.97 Å². The normalized spacial score (nSPS) is 15.1. The third-order valence-corrected chi connectivity index (χ3v) is 13.8. The van der Waals surface area contributed by atoms with Crippen LogP contribution >= 0.6 is 22.7 Å². The molecule has 5 heterocycles. The number of anilines is 2. The maximum absolute atomic E-state index is 14.9. The molecule has 15 heteroatoms. The molecule has 0 fully saturated rings. The van der Waals surface area contributed by atoms with Gasteiger partial charge in [-0.15, -0.1) is 21.5 Å². The summed E-state index contributed by atoms with van der Waals surface area (Å²) in [6.45, 7) is 12.9. The summed E-state index contributed by atoms with van der Waals surface area (Å²) in [7, 11) is 2.21. The molecule has 0 N–H and O–H groups in total. The second-order valence-corrected chi connectivity index (χ2v) is 22.9. The Labute approximate surface area is 324 Å². The lowest BCUT2D eigenvalue weighted by Crippen LogP contribution is -2.27. The molecule has 2 aliphatic rings. The van der Waals surface area contributed by atoms with E-state index in [0.29, 0.717) is 43.7 Å². The first kappa shape index (κ1) is 38.3. The Kier molecular flexibility index (Phi) is 11.6. The van der Waals surface area contributed by atoms with Gasteiger partial charge in [0.15, 0.2) is 38.8 Å². The zero-order valence-electron chi connectivity index (χ0n) is 31.9. The van der Waals surface area contributed by atoms with Crippen molar-refractivity contribution in [3.05, 3.63) is 79.8 Å². The number of ether oxygens (including phenoxy) is 3. The highest BCUT2D eigenvalue weighted by Crippen LogP contribution is 2.39. The number of likely N-dealkylation sites (N-methyl/N-ethyl adjacent to an activating group) is 1. The predicted octanol–water partition coefficient (Wildman–Crippen LogP) is 7.81. The quantitative estimate of drug-likeness (QED) is 0.0671. The Morgan fingerprint density at radius 3 is 2.70 bits per heavy atom. The number of aromatic nitrogens is 4. The molecule has 0 saturated heterocycles. The Morgan fingerprint density at radius 1 is 1.06 bits per heavy atom. The van der Waals surface area contributed by atoms with Crippen molar-refractivity contribution in [2.45, 2.75) is 78.0 Å². The molecule has 2 aromatic carbocycles. The number of rotatable bonds is 13. The van der Waals surface area contributed by atoms with E-state index in [9.17, 15) is 9.18 Å². The van der Waals surface area contributed by atoms with Crippen molar-refractivity contribution >= 4 is 63.7 Å². The van der Waals surface area contributed by atoms with E-state index in [-0.39, 0.29) is 17.3 Å². The number of carbonyl (C=O) groups is 1. The van der Waals surface area contributed by atoms with Gasteiger partial charge in [-0.3, -0.25) is 4.57 Å². The molecule has 11 nitrogen and oxygen atoms in total. The number of nitrogens with zero attached hydrogens (tertiary/aromatic N) is 7. The van der Waals surface area contributed by atoms with Crippen molar-refractivity contribution in [1.82, 2.24) is 24.6 Å². The Hall–Kier alpha value is -4.02. The fourth-order valence-corrected chi connectivity index (χ4v) is 9.71. The van der Waals surface area contributed by atoms with Crippen LogP contribution in [0.5, 0.6) is 5.75 Å². The summed E-state index contributed by atoms with van der Waals surface area (Å²) in [6.07, 6.45) is 3.64. The fraction of sp³-hybridized carbons (Fsp3) is 0.462. The Balaban J connectivity index is 1.10. The van der Waals surface area contributed by atoms with Crippen LogP contribution < -0.4 is 14.4 Å². The summed E-state index contributed by atoms with van der Waals surface area (Å²) in [5, 5.41) is 10.0. The van der Waals surface area contributed by atoms with Gasteiger partial charge in [-0.05, 0) is 87.5 Å². The minimum absolute atomic E-state index is 0.264. The zero-order chi connectivity index (χ0) is 38.0. The number of para-hydroxylation sites is 1. The average molecular weight is 790 g/mol. The maximum atomic E-state index is 14.9. The van der Waals surface area contributed by atoms with Crippen molar-refractivity contribution in [2.75, 3.05) is 45.4 Å². The van der Waals surface area contributed by atoms with Gasteiger partial charge in [-0.1, -0.05) is 43.1 Å². The molecule has 0 radical (unpaired) electrons. The molecular weight excluding hydrogens is 742 g/mol. The molecule has 54 heavy (non-hydrogen) atoms. The molecule has 0 aliphatic carbocycles. The molecule has 0 spiro atoms. The molecule has 0 unspecified atom stereocenters. The van der Waals surface area contributed by atoms with Crippen molar-refractivity contribution in [2.24, 2.45) is 4.99 Å². The number of aryl methyl sites for hydroxylation is 1.